The van der Waals surface area contributed by atoms with E-state index in [1.54, 1.807) is 6.92 Å². The molecule has 6 nitrogen and oxygen atoms in total. The largest absolute Gasteiger partial charge is 0.417 e. The molecule has 2 atom stereocenters. The van der Waals surface area contributed by atoms with Crippen molar-refractivity contribution in [3.63, 3.8) is 0 Å². The number of aliphatic hydroxyl groups is 1. The first kappa shape index (κ1) is 15.5. The number of carbonyl (C=O) groups is 1. The zero-order valence-electron chi connectivity index (χ0n) is 11.3. The van der Waals surface area contributed by atoms with Gasteiger partial charge in [0.25, 0.3) is 0 Å². The predicted molar refractivity (Wildman–Crippen MR) is 66.3 cm³/mol. The molecule has 1 saturated heterocycles. The van der Waals surface area contributed by atoms with Crippen LogP contribution in [0.1, 0.15) is 12.5 Å². The lowest BCUT2D eigenvalue weighted by Gasteiger charge is -2.21. The smallest absolute Gasteiger partial charge is 0.369 e. The Labute approximate surface area is 118 Å². The first-order chi connectivity index (χ1) is 9.77. The highest BCUT2D eigenvalue weighted by atomic mass is 19.4. The van der Waals surface area contributed by atoms with E-state index in [1.807, 2.05) is 0 Å². The summed E-state index contributed by atoms with van der Waals surface area (Å²) in [5, 5.41) is 10.1. The number of carbonyl (C=O) groups excluding carboxylic acids is 1. The van der Waals surface area contributed by atoms with E-state index in [1.165, 1.54) is 7.05 Å². The highest BCUT2D eigenvalue weighted by molar-refractivity contribution is 5.93. The number of pyridine rings is 1. The number of halogens is 3. The summed E-state index contributed by atoms with van der Waals surface area (Å²) in [6.45, 7) is 1.97. The SMILES string of the molecule is CCOC1C(O)N(c2ccc(C(F)(F)F)cn2)C(=O)N1C. The fourth-order valence-corrected chi connectivity index (χ4v) is 2.02. The van der Waals surface area contributed by atoms with E-state index < -0.39 is 30.2 Å². The number of ether oxygens (including phenoxy) is 1. The summed E-state index contributed by atoms with van der Waals surface area (Å²) < 4.78 is 42.7. The first-order valence-corrected chi connectivity index (χ1v) is 6.16. The average Bonchev–Trinajstić information content (AvgIpc) is 2.62. The number of hydrogen-bond donors (Lipinski definition) is 1. The maximum absolute atomic E-state index is 12.5. The van der Waals surface area contributed by atoms with Gasteiger partial charge in [-0.3, -0.25) is 4.90 Å². The minimum absolute atomic E-state index is 0.0745. The molecule has 1 fully saturated rings. The molecule has 0 aromatic carbocycles. The van der Waals surface area contributed by atoms with Gasteiger partial charge in [-0.2, -0.15) is 13.2 Å². The third-order valence-electron chi connectivity index (χ3n) is 3.07. The van der Waals surface area contributed by atoms with Gasteiger partial charge in [0.15, 0.2) is 12.5 Å². The number of rotatable bonds is 3. The Morgan fingerprint density at radius 1 is 1.43 bits per heavy atom. The van der Waals surface area contributed by atoms with Crippen molar-refractivity contribution in [1.82, 2.24) is 9.88 Å². The van der Waals surface area contributed by atoms with Crippen molar-refractivity contribution in [2.75, 3.05) is 18.6 Å². The van der Waals surface area contributed by atoms with Gasteiger partial charge in [0.05, 0.1) is 5.56 Å². The van der Waals surface area contributed by atoms with E-state index in [-0.39, 0.29) is 12.4 Å². The fourth-order valence-electron chi connectivity index (χ4n) is 2.02. The summed E-state index contributed by atoms with van der Waals surface area (Å²) in [7, 11) is 1.43. The molecule has 0 spiro atoms. The molecule has 2 unspecified atom stereocenters. The van der Waals surface area contributed by atoms with Gasteiger partial charge in [-0.1, -0.05) is 0 Å². The number of anilines is 1. The average molecular weight is 305 g/mol. The van der Waals surface area contributed by atoms with Crippen molar-refractivity contribution >= 4 is 11.8 Å². The van der Waals surface area contributed by atoms with Crippen LogP contribution in [-0.4, -0.2) is 47.1 Å². The number of hydrogen-bond acceptors (Lipinski definition) is 4. The number of aromatic nitrogens is 1. The molecule has 2 amide bonds. The van der Waals surface area contributed by atoms with Gasteiger partial charge < -0.3 is 9.84 Å². The van der Waals surface area contributed by atoms with E-state index in [4.69, 9.17) is 4.74 Å². The second-order valence-corrected chi connectivity index (χ2v) is 4.43. The van der Waals surface area contributed by atoms with Crippen LogP contribution in [0.15, 0.2) is 18.3 Å². The van der Waals surface area contributed by atoms with Crippen LogP contribution in [0.2, 0.25) is 0 Å². The molecule has 116 valence electrons. The Kier molecular flexibility index (Phi) is 4.06. The molecule has 1 aliphatic heterocycles. The summed E-state index contributed by atoms with van der Waals surface area (Å²) in [6.07, 6.45) is -6.13. The van der Waals surface area contributed by atoms with Gasteiger partial charge in [-0.15, -0.1) is 0 Å². The molecule has 1 aromatic rings. The molecule has 1 aliphatic rings. The number of nitrogens with zero attached hydrogens (tertiary/aromatic N) is 3. The van der Waals surface area contributed by atoms with E-state index in [0.717, 1.165) is 21.9 Å². The van der Waals surface area contributed by atoms with Crippen LogP contribution < -0.4 is 4.90 Å². The Bertz CT molecular complexity index is 521. The number of aliphatic hydroxyl groups excluding tert-OH is 1. The zero-order valence-corrected chi connectivity index (χ0v) is 11.3. The Balaban J connectivity index is 2.27. The topological polar surface area (TPSA) is 65.9 Å². The third kappa shape index (κ3) is 2.79. The third-order valence-corrected chi connectivity index (χ3v) is 3.07. The Hall–Kier alpha value is -1.87. The molecule has 2 rings (SSSR count). The van der Waals surface area contributed by atoms with E-state index in [9.17, 15) is 23.1 Å². The van der Waals surface area contributed by atoms with E-state index >= 15 is 0 Å². The quantitative estimate of drug-likeness (QED) is 0.922. The van der Waals surface area contributed by atoms with Gasteiger partial charge in [-0.05, 0) is 19.1 Å². The monoisotopic (exact) mass is 305 g/mol. The van der Waals surface area contributed by atoms with Crippen molar-refractivity contribution in [2.45, 2.75) is 25.6 Å². The first-order valence-electron chi connectivity index (χ1n) is 6.16. The number of amides is 2. The highest BCUT2D eigenvalue weighted by Gasteiger charge is 2.45. The summed E-state index contributed by atoms with van der Waals surface area (Å²) >= 11 is 0. The van der Waals surface area contributed by atoms with Crippen LogP contribution in [0.5, 0.6) is 0 Å². The van der Waals surface area contributed by atoms with Crippen molar-refractivity contribution < 1.29 is 27.8 Å². The summed E-state index contributed by atoms with van der Waals surface area (Å²) in [5.41, 5.74) is -0.929. The van der Waals surface area contributed by atoms with Gasteiger partial charge in [0.1, 0.15) is 5.82 Å². The molecular formula is C12H14F3N3O3. The Morgan fingerprint density at radius 2 is 2.10 bits per heavy atom. The van der Waals surface area contributed by atoms with Crippen LogP contribution in [0.3, 0.4) is 0 Å². The maximum atomic E-state index is 12.5. The molecule has 0 radical (unpaired) electrons. The molecule has 0 bridgehead atoms. The second kappa shape index (κ2) is 5.49. The molecule has 1 aromatic heterocycles. The normalized spacial score (nSPS) is 23.0. The van der Waals surface area contributed by atoms with Crippen molar-refractivity contribution in [3.8, 4) is 0 Å². The van der Waals surface area contributed by atoms with Gasteiger partial charge >= 0.3 is 12.2 Å². The maximum Gasteiger partial charge on any atom is 0.417 e. The summed E-state index contributed by atoms with van der Waals surface area (Å²) in [5.74, 6) is -0.0745. The molecule has 2 heterocycles. The van der Waals surface area contributed by atoms with Crippen LogP contribution >= 0.6 is 0 Å². The molecule has 21 heavy (non-hydrogen) atoms. The highest BCUT2D eigenvalue weighted by Crippen LogP contribution is 2.31. The van der Waals surface area contributed by atoms with E-state index in [0.29, 0.717) is 6.20 Å². The molecule has 9 heteroatoms. The minimum Gasteiger partial charge on any atom is -0.369 e. The summed E-state index contributed by atoms with van der Waals surface area (Å²) in [4.78, 5) is 17.7. The number of urea groups is 1. The van der Waals surface area contributed by atoms with Gasteiger partial charge in [0, 0.05) is 19.9 Å². The van der Waals surface area contributed by atoms with Gasteiger partial charge in [-0.25, -0.2) is 14.7 Å². The van der Waals surface area contributed by atoms with Crippen LogP contribution in [0.4, 0.5) is 23.8 Å². The fraction of sp³-hybridized carbons (Fsp3) is 0.500. The van der Waals surface area contributed by atoms with Crippen molar-refractivity contribution in [2.24, 2.45) is 0 Å². The van der Waals surface area contributed by atoms with Crippen LogP contribution in [0.25, 0.3) is 0 Å². The van der Waals surface area contributed by atoms with Crippen molar-refractivity contribution in [1.29, 1.82) is 0 Å². The summed E-state index contributed by atoms with van der Waals surface area (Å²) in [6, 6.07) is 1.23. The lowest BCUT2D eigenvalue weighted by molar-refractivity contribution is -0.137. The second-order valence-electron chi connectivity index (χ2n) is 4.43. The minimum atomic E-state index is -4.51. The van der Waals surface area contributed by atoms with Crippen LogP contribution in [-0.2, 0) is 10.9 Å². The Morgan fingerprint density at radius 3 is 2.57 bits per heavy atom. The molecular weight excluding hydrogens is 291 g/mol. The number of alkyl halides is 3. The van der Waals surface area contributed by atoms with E-state index in [2.05, 4.69) is 4.98 Å². The molecule has 0 aliphatic carbocycles. The zero-order chi connectivity index (χ0) is 15.8. The lowest BCUT2D eigenvalue weighted by Crippen LogP contribution is -2.38. The molecule has 1 N–H and O–H groups in total. The predicted octanol–water partition coefficient (Wildman–Crippen LogP) is 1.65. The molecule has 0 saturated carbocycles. The standard InChI is InChI=1S/C12H14F3N3O3/c1-3-21-10-9(19)18(11(20)17(10)2)8-5-4-7(6-16-8)12(13,14)15/h4-6,9-10,19H,3H2,1-2H3. The van der Waals surface area contributed by atoms with Crippen molar-refractivity contribution in [3.05, 3.63) is 23.9 Å². The van der Waals surface area contributed by atoms with Gasteiger partial charge in [0.2, 0.25) is 0 Å². The number of likely N-dealkylation sites (N-methyl/N-ethyl adjacent to an activating group) is 1. The van der Waals surface area contributed by atoms with Crippen LogP contribution in [0, 0.1) is 0 Å². The lowest BCUT2D eigenvalue weighted by atomic mass is 10.2.